The number of carbonyl (C=O) groups is 4. The summed E-state index contributed by atoms with van der Waals surface area (Å²) in [4.78, 5) is 73.9. The van der Waals surface area contributed by atoms with Crippen LogP contribution in [0.5, 0.6) is 11.5 Å². The smallest absolute Gasteiger partial charge is 0.359 e. The molecule has 4 aromatic carbocycles. The molecule has 0 aliphatic carbocycles. The lowest BCUT2D eigenvalue weighted by Gasteiger charge is -2.30. The number of nitrogens with one attached hydrogen (secondary N) is 2. The largest absolute Gasteiger partial charge is 0.418 e. The van der Waals surface area contributed by atoms with Crippen LogP contribution >= 0.6 is 11.8 Å². The Labute approximate surface area is 397 Å². The molecule has 4 aromatic rings. The minimum Gasteiger partial charge on any atom is -0.359 e. The van der Waals surface area contributed by atoms with E-state index in [2.05, 4.69) is 10.6 Å². The van der Waals surface area contributed by atoms with Gasteiger partial charge in [0, 0.05) is 109 Å². The van der Waals surface area contributed by atoms with Crippen LogP contribution in [0.15, 0.2) is 82.6 Å². The third kappa shape index (κ3) is 10.9. The van der Waals surface area contributed by atoms with Crippen molar-refractivity contribution in [1.29, 1.82) is 0 Å². The van der Waals surface area contributed by atoms with Crippen LogP contribution in [0.2, 0.25) is 0 Å². The molecule has 12 nitrogen and oxygen atoms in total. The molecule has 0 atom stereocenters. The molecule has 4 aliphatic rings. The van der Waals surface area contributed by atoms with Crippen LogP contribution in [0.25, 0.3) is 34.4 Å². The summed E-state index contributed by atoms with van der Waals surface area (Å²) in [6.07, 6.45) is -3.19. The van der Waals surface area contributed by atoms with Crippen LogP contribution in [0.3, 0.4) is 0 Å². The van der Waals surface area contributed by atoms with Crippen LogP contribution in [0.4, 0.5) is 26.3 Å². The predicted molar refractivity (Wildman–Crippen MR) is 243 cm³/mol. The van der Waals surface area contributed by atoms with Gasteiger partial charge < -0.3 is 30.2 Å². The van der Waals surface area contributed by atoms with Gasteiger partial charge >= 0.3 is 12.4 Å². The summed E-state index contributed by atoms with van der Waals surface area (Å²) < 4.78 is 95.1. The molecular formula is C50H48F6N4O8S. The Morgan fingerprint density at radius 1 is 0.594 bits per heavy atom. The zero-order chi connectivity index (χ0) is 49.0. The lowest BCUT2D eigenvalue weighted by atomic mass is 9.91. The van der Waals surface area contributed by atoms with Crippen molar-refractivity contribution < 1.29 is 65.1 Å². The Hall–Kier alpha value is -6.31. The monoisotopic (exact) mass is 978 g/mol. The van der Waals surface area contributed by atoms with Crippen LogP contribution in [-0.4, -0.2) is 86.9 Å². The lowest BCUT2D eigenvalue weighted by molar-refractivity contribution is -0.215. The lowest BCUT2D eigenvalue weighted by Crippen LogP contribution is -2.41. The Morgan fingerprint density at radius 3 is 1.35 bits per heavy atom. The Morgan fingerprint density at radius 2 is 0.986 bits per heavy atom. The molecule has 2 fully saturated rings. The van der Waals surface area contributed by atoms with Crippen LogP contribution in [-0.2, 0) is 54.1 Å². The zero-order valence-corrected chi connectivity index (χ0v) is 38.4. The highest BCUT2D eigenvalue weighted by Gasteiger charge is 2.42. The first-order valence-corrected chi connectivity index (χ1v) is 23.2. The normalized spacial score (nSPS) is 17.0. The highest BCUT2D eigenvalue weighted by Crippen LogP contribution is 2.52. The maximum Gasteiger partial charge on any atom is 0.418 e. The summed E-state index contributed by atoms with van der Waals surface area (Å²) in [7, 11) is 3.06. The van der Waals surface area contributed by atoms with Crippen LogP contribution < -0.4 is 20.4 Å². The third-order valence-electron chi connectivity index (χ3n) is 12.7. The molecule has 0 saturated carbocycles. The number of carbonyl (C=O) groups excluding carboxylic acids is 4. The predicted octanol–water partition coefficient (Wildman–Crippen LogP) is 8.94. The van der Waals surface area contributed by atoms with Crippen molar-refractivity contribution in [1.82, 2.24) is 20.4 Å². The number of alkyl halides is 6. The van der Waals surface area contributed by atoms with Crippen molar-refractivity contribution in [2.75, 3.05) is 53.5 Å². The quantitative estimate of drug-likeness (QED) is 0.0908. The van der Waals surface area contributed by atoms with Crippen molar-refractivity contribution in [2.45, 2.75) is 60.7 Å². The molecule has 0 spiro atoms. The fourth-order valence-electron chi connectivity index (χ4n) is 9.15. The minimum atomic E-state index is -5.14. The summed E-state index contributed by atoms with van der Waals surface area (Å²) in [6.45, 7) is 1.27. The number of hydrogen-bond acceptors (Lipinski definition) is 9. The van der Waals surface area contributed by atoms with Crippen molar-refractivity contribution in [2.24, 2.45) is 11.8 Å². The van der Waals surface area contributed by atoms with Gasteiger partial charge in [0.25, 0.3) is 0 Å². The molecule has 0 aromatic heterocycles. The second-order valence-electron chi connectivity index (χ2n) is 17.0. The highest BCUT2D eigenvalue weighted by molar-refractivity contribution is 7.99. The standard InChI is InChI=1S/C50H48F6N4O8S/c1-57-47(63)31-15-21-59(22-16-31)41(61)13-7-29-5-11-39(45(49(51,52)53)43(29)35-3-9-37-33(27-35)19-25-65-67-37)69-40-12-6-30(8-14-42(62)60-23-17-32(18-24-60)48(64)58-2)44(46(40)50(54,55)56)36-4-10-38-34(28-36)20-26-66-68-38/h3-14,27-28,31-32H,15-26H2,1-2H3,(H,57,63)(H,58,64). The number of fused-ring (bicyclic) bond motifs is 2. The number of halogens is 6. The van der Waals surface area contributed by atoms with Crippen molar-refractivity contribution in [3.05, 3.63) is 106 Å². The molecule has 0 unspecified atom stereocenters. The molecule has 2 saturated heterocycles. The number of hydrogen-bond donors (Lipinski definition) is 2. The van der Waals surface area contributed by atoms with Gasteiger partial charge in [0.05, 0.1) is 24.3 Å². The molecule has 8 rings (SSSR count). The van der Waals surface area contributed by atoms with Gasteiger partial charge in [-0.2, -0.15) is 36.1 Å². The number of rotatable bonds is 10. The molecule has 0 radical (unpaired) electrons. The topological polar surface area (TPSA) is 136 Å². The van der Waals surface area contributed by atoms with E-state index in [4.69, 9.17) is 19.6 Å². The van der Waals surface area contributed by atoms with Crippen LogP contribution in [0.1, 0.15) is 59.1 Å². The van der Waals surface area contributed by atoms with Gasteiger partial charge in [0.15, 0.2) is 11.5 Å². The average Bonchev–Trinajstić information content (AvgIpc) is 3.35. The summed E-state index contributed by atoms with van der Waals surface area (Å²) in [5, 5.41) is 5.21. The highest BCUT2D eigenvalue weighted by atomic mass is 32.2. The molecule has 19 heteroatoms. The van der Waals surface area contributed by atoms with E-state index in [-0.39, 0.29) is 96.4 Å². The number of amides is 4. The van der Waals surface area contributed by atoms with Gasteiger partial charge in [-0.3, -0.25) is 19.2 Å². The number of benzene rings is 4. The molecule has 4 aliphatic heterocycles. The summed E-state index contributed by atoms with van der Waals surface area (Å²) >= 11 is 0.297. The summed E-state index contributed by atoms with van der Waals surface area (Å²) in [5.74, 6) is -1.22. The Kier molecular flexibility index (Phi) is 14.8. The van der Waals surface area contributed by atoms with Crippen molar-refractivity contribution in [3.63, 3.8) is 0 Å². The van der Waals surface area contributed by atoms with E-state index in [9.17, 15) is 19.2 Å². The Bertz CT molecular complexity index is 2510. The second-order valence-corrected chi connectivity index (χ2v) is 18.0. The number of nitrogens with zero attached hydrogens (tertiary/aromatic N) is 2. The van der Waals surface area contributed by atoms with Gasteiger partial charge in [-0.25, -0.2) is 0 Å². The van der Waals surface area contributed by atoms with E-state index in [0.29, 0.717) is 72.9 Å². The number of piperidine rings is 2. The SMILES string of the molecule is CNC(=O)C1CCN(C(=O)C=Cc2ccc(Sc3ccc(C=CC(=O)N4CCC(C(=O)NC)CC4)c(-c4ccc5c(c4)CCOO5)c3C(F)(F)F)c(C(F)(F)F)c2-c2ccc3c(c2)CCOO3)CC1. The first-order chi connectivity index (χ1) is 33.0. The minimum absolute atomic E-state index is 0.0202. The zero-order valence-electron chi connectivity index (χ0n) is 37.6. The number of likely N-dealkylation sites (tertiary alicyclic amines) is 2. The van der Waals surface area contributed by atoms with Crippen molar-refractivity contribution >= 4 is 47.5 Å². The van der Waals surface area contributed by atoms with Gasteiger partial charge in [0.2, 0.25) is 23.6 Å². The first-order valence-electron chi connectivity index (χ1n) is 22.4. The van der Waals surface area contributed by atoms with E-state index in [1.807, 2.05) is 0 Å². The second kappa shape index (κ2) is 20.7. The molecule has 0 bridgehead atoms. The van der Waals surface area contributed by atoms with E-state index < -0.39 is 45.1 Å². The fraction of sp³-hybridized carbons (Fsp3) is 0.360. The first kappa shape index (κ1) is 49.1. The van der Waals surface area contributed by atoms with E-state index in [0.717, 1.165) is 24.3 Å². The molecule has 2 N–H and O–H groups in total. The van der Waals surface area contributed by atoms with Gasteiger partial charge in [0.1, 0.15) is 0 Å². The summed E-state index contributed by atoms with van der Waals surface area (Å²) in [6, 6.07) is 13.6. The van der Waals surface area contributed by atoms with Crippen molar-refractivity contribution in [3.8, 4) is 33.8 Å². The van der Waals surface area contributed by atoms with Gasteiger partial charge in [-0.05, 0) is 96.5 Å². The molecular weight excluding hydrogens is 931 g/mol. The van der Waals surface area contributed by atoms with E-state index in [1.165, 1.54) is 84.6 Å². The maximum absolute atomic E-state index is 15.8. The Balaban J connectivity index is 1.23. The summed E-state index contributed by atoms with van der Waals surface area (Å²) in [5.41, 5.74) is -2.00. The molecule has 4 amide bonds. The van der Waals surface area contributed by atoms with E-state index in [1.54, 1.807) is 0 Å². The van der Waals surface area contributed by atoms with Gasteiger partial charge in [-0.1, -0.05) is 36.0 Å². The molecule has 364 valence electrons. The van der Waals surface area contributed by atoms with E-state index >= 15 is 26.3 Å². The molecule has 69 heavy (non-hydrogen) atoms. The fourth-order valence-corrected chi connectivity index (χ4v) is 10.3. The van der Waals surface area contributed by atoms with Gasteiger partial charge in [-0.15, -0.1) is 0 Å². The molecule has 4 heterocycles. The maximum atomic E-state index is 15.8. The average molecular weight is 979 g/mol. The van der Waals surface area contributed by atoms with Crippen LogP contribution in [0, 0.1) is 11.8 Å². The third-order valence-corrected chi connectivity index (χ3v) is 13.9.